The maximum Gasteiger partial charge on any atom is 0.265 e. The summed E-state index contributed by atoms with van der Waals surface area (Å²) in [5.41, 5.74) is 1.38. The Morgan fingerprint density at radius 1 is 0.946 bits per heavy atom. The summed E-state index contributed by atoms with van der Waals surface area (Å²) >= 11 is 0. The number of hydroxylamine groups is 1. The van der Waals surface area contributed by atoms with Crippen LogP contribution in [0.25, 0.3) is 0 Å². The number of unbranched alkanes of at least 4 members (excludes halogenated alkanes) is 1. The molecule has 1 atom stereocenters. The van der Waals surface area contributed by atoms with Gasteiger partial charge < -0.3 is 5.32 Å². The number of carbonyl (C=O) groups excluding carboxylic acids is 1. The number of rotatable bonds is 12. The van der Waals surface area contributed by atoms with Crippen molar-refractivity contribution < 1.29 is 44.0 Å². The van der Waals surface area contributed by atoms with Gasteiger partial charge in [0.05, 0.1) is 4.90 Å². The van der Waals surface area contributed by atoms with E-state index >= 15 is 0 Å². The zero-order valence-electron chi connectivity index (χ0n) is 20.1. The second-order valence-electron chi connectivity index (χ2n) is 8.31. The van der Waals surface area contributed by atoms with Crippen molar-refractivity contribution in [1.29, 1.82) is 0 Å². The number of hydrogen-bond donors (Lipinski definition) is 4. The van der Waals surface area contributed by atoms with Crippen LogP contribution in [0.4, 0.5) is 14.5 Å². The average molecular weight is 584 g/mol. The first kappa shape index (κ1) is 30.6. The minimum Gasteiger partial charge on any atom is -0.374 e. The van der Waals surface area contributed by atoms with E-state index in [1.165, 1.54) is 18.5 Å². The molecule has 0 aliphatic rings. The predicted octanol–water partition coefficient (Wildman–Crippen LogP) is 1.51. The molecule has 0 aromatic heterocycles. The van der Waals surface area contributed by atoms with E-state index in [1.54, 1.807) is 0 Å². The first-order chi connectivity index (χ1) is 17.0. The van der Waals surface area contributed by atoms with E-state index in [-0.39, 0.29) is 42.0 Å². The van der Waals surface area contributed by atoms with Gasteiger partial charge in [-0.15, -0.1) is 0 Å². The lowest BCUT2D eigenvalue weighted by Gasteiger charge is -2.19. The highest BCUT2D eigenvalue weighted by Gasteiger charge is 2.26. The standard InChI is InChI=1S/C21H27F2N3O8S3/c1-13-10-15(7-8-16(13)22)37(33,34)24-9-5-4-6-17(21(27)26-28)25-14-11-18(35(2,29)30)20(23)19(12-14)36(3,31)32/h7-8,10-12,17,24-25,28H,4-6,9H2,1-3H3,(H,26,27). The van der Waals surface area contributed by atoms with Crippen LogP contribution >= 0.6 is 0 Å². The molecule has 0 saturated heterocycles. The van der Waals surface area contributed by atoms with Crippen molar-refractivity contribution in [3.05, 3.63) is 47.5 Å². The highest BCUT2D eigenvalue weighted by atomic mass is 32.2. The fraction of sp³-hybridized carbons (Fsp3) is 0.381. The highest BCUT2D eigenvalue weighted by molar-refractivity contribution is 7.91. The van der Waals surface area contributed by atoms with Crippen molar-refractivity contribution in [3.63, 3.8) is 0 Å². The van der Waals surface area contributed by atoms with E-state index in [4.69, 9.17) is 5.21 Å². The molecule has 1 unspecified atom stereocenters. The van der Waals surface area contributed by atoms with Gasteiger partial charge in [0.2, 0.25) is 10.0 Å². The van der Waals surface area contributed by atoms with E-state index in [0.717, 1.165) is 24.3 Å². The van der Waals surface area contributed by atoms with E-state index in [0.29, 0.717) is 12.5 Å². The van der Waals surface area contributed by atoms with Crippen LogP contribution in [-0.2, 0) is 34.5 Å². The number of benzene rings is 2. The summed E-state index contributed by atoms with van der Waals surface area (Å²) in [7, 11) is -12.3. The number of carbonyl (C=O) groups is 1. The number of anilines is 1. The van der Waals surface area contributed by atoms with Crippen molar-refractivity contribution in [2.45, 2.75) is 46.9 Å². The Labute approximate surface area is 214 Å². The summed E-state index contributed by atoms with van der Waals surface area (Å²) in [6.45, 7) is 1.38. The molecule has 0 bridgehead atoms. The third-order valence-corrected chi connectivity index (χ3v) is 8.87. The molecule has 0 radical (unpaired) electrons. The van der Waals surface area contributed by atoms with Gasteiger partial charge in [-0.1, -0.05) is 0 Å². The molecule has 0 saturated carbocycles. The highest BCUT2D eigenvalue weighted by Crippen LogP contribution is 2.28. The van der Waals surface area contributed by atoms with Gasteiger partial charge in [-0.3, -0.25) is 10.0 Å². The minimum absolute atomic E-state index is 0.0103. The third-order valence-electron chi connectivity index (χ3n) is 5.22. The van der Waals surface area contributed by atoms with Crippen LogP contribution in [0.15, 0.2) is 45.0 Å². The van der Waals surface area contributed by atoms with Crippen LogP contribution in [0.2, 0.25) is 0 Å². The molecular formula is C21H27F2N3O8S3. The Morgan fingerprint density at radius 2 is 1.51 bits per heavy atom. The quantitative estimate of drug-likeness (QED) is 0.164. The summed E-state index contributed by atoms with van der Waals surface area (Å²) in [4.78, 5) is 10.2. The van der Waals surface area contributed by atoms with Gasteiger partial charge in [0.15, 0.2) is 25.5 Å². The fourth-order valence-electron chi connectivity index (χ4n) is 3.29. The Bertz CT molecular complexity index is 1440. The summed E-state index contributed by atoms with van der Waals surface area (Å²) in [6, 6.07) is 3.78. The van der Waals surface area contributed by atoms with Crippen LogP contribution in [0.1, 0.15) is 24.8 Å². The summed E-state index contributed by atoms with van der Waals surface area (Å²) < 4.78 is 103. The van der Waals surface area contributed by atoms with Crippen LogP contribution < -0.4 is 15.5 Å². The number of sulfonamides is 1. The molecule has 0 spiro atoms. The molecule has 4 N–H and O–H groups in total. The number of nitrogens with one attached hydrogen (secondary N) is 3. The Hall–Kier alpha value is -2.66. The lowest BCUT2D eigenvalue weighted by molar-refractivity contribution is -0.130. The lowest BCUT2D eigenvalue weighted by Crippen LogP contribution is -2.38. The van der Waals surface area contributed by atoms with Gasteiger partial charge in [0, 0.05) is 24.7 Å². The van der Waals surface area contributed by atoms with Crippen LogP contribution in [0.3, 0.4) is 0 Å². The number of aryl methyl sites for hydroxylation is 1. The largest absolute Gasteiger partial charge is 0.374 e. The predicted molar refractivity (Wildman–Crippen MR) is 130 cm³/mol. The molecule has 2 aromatic carbocycles. The van der Waals surface area contributed by atoms with Gasteiger partial charge in [0.1, 0.15) is 21.7 Å². The van der Waals surface area contributed by atoms with E-state index in [2.05, 4.69) is 10.0 Å². The smallest absolute Gasteiger partial charge is 0.265 e. The van der Waals surface area contributed by atoms with E-state index in [9.17, 15) is 38.8 Å². The van der Waals surface area contributed by atoms with Gasteiger partial charge in [-0.05, 0) is 62.1 Å². The summed E-state index contributed by atoms with van der Waals surface area (Å²) in [5.74, 6) is -2.95. The zero-order valence-corrected chi connectivity index (χ0v) is 22.5. The normalized spacial score (nSPS) is 13.2. The maximum absolute atomic E-state index is 14.6. The maximum atomic E-state index is 14.6. The number of amides is 1. The second kappa shape index (κ2) is 11.8. The SMILES string of the molecule is Cc1cc(S(=O)(=O)NCCCCC(Nc2cc(S(C)(=O)=O)c(F)c(S(C)(=O)=O)c2)C(=O)NO)ccc1F. The van der Waals surface area contributed by atoms with Crippen molar-refractivity contribution in [3.8, 4) is 0 Å². The Kier molecular flexibility index (Phi) is 9.75. The monoisotopic (exact) mass is 583 g/mol. The lowest BCUT2D eigenvalue weighted by atomic mass is 10.1. The second-order valence-corrected chi connectivity index (χ2v) is 14.0. The molecule has 2 rings (SSSR count). The molecule has 2 aromatic rings. The fourth-order valence-corrected chi connectivity index (χ4v) is 6.07. The van der Waals surface area contributed by atoms with Crippen molar-refractivity contribution >= 4 is 41.3 Å². The first-order valence-corrected chi connectivity index (χ1v) is 15.9. The average Bonchev–Trinajstić information content (AvgIpc) is 2.78. The number of halogens is 2. The molecular weight excluding hydrogens is 556 g/mol. The van der Waals surface area contributed by atoms with E-state index < -0.39 is 63.1 Å². The number of sulfone groups is 2. The molecule has 16 heteroatoms. The molecule has 206 valence electrons. The van der Waals surface area contributed by atoms with E-state index in [1.807, 2.05) is 0 Å². The molecule has 37 heavy (non-hydrogen) atoms. The zero-order chi connectivity index (χ0) is 28.2. The van der Waals surface area contributed by atoms with Gasteiger partial charge in [-0.25, -0.2) is 44.2 Å². The molecule has 0 aliphatic carbocycles. The molecule has 0 aliphatic heterocycles. The van der Waals surface area contributed by atoms with Gasteiger partial charge >= 0.3 is 0 Å². The van der Waals surface area contributed by atoms with Gasteiger partial charge in [0.25, 0.3) is 5.91 Å². The van der Waals surface area contributed by atoms with Crippen molar-refractivity contribution in [1.82, 2.24) is 10.2 Å². The summed E-state index contributed by atoms with van der Waals surface area (Å²) in [5, 5.41) is 11.6. The molecule has 11 nitrogen and oxygen atoms in total. The Balaban J connectivity index is 2.14. The third kappa shape index (κ3) is 8.16. The molecule has 0 fully saturated rings. The molecule has 0 heterocycles. The Morgan fingerprint density at radius 3 is 2.00 bits per heavy atom. The van der Waals surface area contributed by atoms with Crippen LogP contribution in [0, 0.1) is 18.6 Å². The van der Waals surface area contributed by atoms with Gasteiger partial charge in [-0.2, -0.15) is 0 Å². The van der Waals surface area contributed by atoms with Crippen LogP contribution in [-0.4, -0.2) is 61.5 Å². The van der Waals surface area contributed by atoms with Crippen LogP contribution in [0.5, 0.6) is 0 Å². The topological polar surface area (TPSA) is 176 Å². The first-order valence-electron chi connectivity index (χ1n) is 10.7. The molecule has 1 amide bonds. The van der Waals surface area contributed by atoms with Crippen molar-refractivity contribution in [2.75, 3.05) is 24.4 Å². The van der Waals surface area contributed by atoms with Crippen molar-refractivity contribution in [2.24, 2.45) is 0 Å². The number of hydrogen-bond acceptors (Lipinski definition) is 9. The summed E-state index contributed by atoms with van der Waals surface area (Å²) in [6.07, 6.45) is 1.81. The minimum atomic E-state index is -4.18.